The number of rotatable bonds is 7. The van der Waals surface area contributed by atoms with Gasteiger partial charge in [-0.05, 0) is 12.5 Å². The van der Waals surface area contributed by atoms with Crippen molar-refractivity contribution in [1.82, 2.24) is 9.97 Å². The van der Waals surface area contributed by atoms with Crippen LogP contribution in [0.4, 0.5) is 5.95 Å². The van der Waals surface area contributed by atoms with E-state index in [0.717, 1.165) is 29.4 Å². The lowest BCUT2D eigenvalue weighted by molar-refractivity contribution is 0.132. The van der Waals surface area contributed by atoms with Crippen molar-refractivity contribution in [2.24, 2.45) is 0 Å². The zero-order valence-electron chi connectivity index (χ0n) is 14.2. The summed E-state index contributed by atoms with van der Waals surface area (Å²) in [5.41, 5.74) is 4.32. The van der Waals surface area contributed by atoms with E-state index in [9.17, 15) is 0 Å². The molecule has 0 atom stereocenters. The second kappa shape index (κ2) is 7.79. The first-order chi connectivity index (χ1) is 11.8. The molecule has 0 bridgehead atoms. The van der Waals surface area contributed by atoms with E-state index >= 15 is 0 Å². The molecule has 0 saturated heterocycles. The molecule has 1 aromatic heterocycles. The molecule has 0 saturated carbocycles. The largest absolute Gasteiger partial charge is 0.375 e. The second-order valence-electron chi connectivity index (χ2n) is 5.73. The Balaban J connectivity index is 1.87. The molecule has 0 aliphatic heterocycles. The lowest BCUT2D eigenvalue weighted by atomic mass is 10.1. The summed E-state index contributed by atoms with van der Waals surface area (Å²) in [6.07, 6.45) is 0. The van der Waals surface area contributed by atoms with Crippen LogP contribution in [0.15, 0.2) is 60.7 Å². The van der Waals surface area contributed by atoms with Crippen molar-refractivity contribution in [3.63, 3.8) is 0 Å². The molecule has 24 heavy (non-hydrogen) atoms. The van der Waals surface area contributed by atoms with Crippen molar-refractivity contribution in [2.45, 2.75) is 20.1 Å². The van der Waals surface area contributed by atoms with Crippen molar-refractivity contribution >= 4 is 5.95 Å². The predicted molar refractivity (Wildman–Crippen MR) is 97.9 cm³/mol. The van der Waals surface area contributed by atoms with Gasteiger partial charge in [-0.2, -0.15) is 0 Å². The minimum Gasteiger partial charge on any atom is -0.375 e. The van der Waals surface area contributed by atoms with E-state index in [1.54, 1.807) is 0 Å². The number of nitrogens with zero attached hydrogens (tertiary/aromatic N) is 2. The third kappa shape index (κ3) is 3.84. The SMILES string of the molecule is CCOCc1[nH]c(N(C)Cc2ccccc2)nc1-c1ccccc1. The number of ether oxygens (including phenoxy) is 1. The molecule has 0 amide bonds. The summed E-state index contributed by atoms with van der Waals surface area (Å²) in [5.74, 6) is 0.854. The first-order valence-electron chi connectivity index (χ1n) is 8.25. The molecule has 0 radical (unpaired) electrons. The molecule has 0 aliphatic carbocycles. The smallest absolute Gasteiger partial charge is 0.203 e. The molecule has 0 fully saturated rings. The number of hydrogen-bond donors (Lipinski definition) is 1. The molecule has 3 rings (SSSR count). The minimum absolute atomic E-state index is 0.535. The molecule has 124 valence electrons. The topological polar surface area (TPSA) is 41.1 Å². The average Bonchev–Trinajstić information content (AvgIpc) is 3.06. The molecule has 1 heterocycles. The normalized spacial score (nSPS) is 10.8. The molecule has 0 unspecified atom stereocenters. The number of hydrogen-bond acceptors (Lipinski definition) is 3. The number of imidazole rings is 1. The third-order valence-electron chi connectivity index (χ3n) is 3.89. The lowest BCUT2D eigenvalue weighted by Crippen LogP contribution is -2.17. The molecular weight excluding hydrogens is 298 g/mol. The predicted octanol–water partition coefficient (Wildman–Crippen LogP) is 4.25. The summed E-state index contributed by atoms with van der Waals surface area (Å²) in [6.45, 7) is 4.02. The highest BCUT2D eigenvalue weighted by atomic mass is 16.5. The second-order valence-corrected chi connectivity index (χ2v) is 5.73. The highest BCUT2D eigenvalue weighted by Crippen LogP contribution is 2.25. The highest BCUT2D eigenvalue weighted by Gasteiger charge is 2.15. The van der Waals surface area contributed by atoms with Gasteiger partial charge in [-0.15, -0.1) is 0 Å². The molecule has 0 aliphatic rings. The van der Waals surface area contributed by atoms with Gasteiger partial charge in [-0.1, -0.05) is 60.7 Å². The molecule has 2 aromatic carbocycles. The average molecular weight is 321 g/mol. The molecule has 4 heteroatoms. The fourth-order valence-electron chi connectivity index (χ4n) is 2.65. The minimum atomic E-state index is 0.535. The monoisotopic (exact) mass is 321 g/mol. The van der Waals surface area contributed by atoms with Gasteiger partial charge in [-0.3, -0.25) is 0 Å². The van der Waals surface area contributed by atoms with Gasteiger partial charge in [0.2, 0.25) is 5.95 Å². The van der Waals surface area contributed by atoms with Crippen molar-refractivity contribution in [3.8, 4) is 11.3 Å². The Morgan fingerprint density at radius 1 is 1.00 bits per heavy atom. The van der Waals surface area contributed by atoms with Crippen LogP contribution in [0.5, 0.6) is 0 Å². The zero-order chi connectivity index (χ0) is 16.8. The van der Waals surface area contributed by atoms with Gasteiger partial charge in [0.05, 0.1) is 18.0 Å². The quantitative estimate of drug-likeness (QED) is 0.707. The maximum Gasteiger partial charge on any atom is 0.203 e. The van der Waals surface area contributed by atoms with Crippen molar-refractivity contribution in [2.75, 3.05) is 18.6 Å². The summed E-state index contributed by atoms with van der Waals surface area (Å²) in [4.78, 5) is 10.4. The molecular formula is C20H23N3O. The van der Waals surface area contributed by atoms with E-state index < -0.39 is 0 Å². The van der Waals surface area contributed by atoms with Gasteiger partial charge >= 0.3 is 0 Å². The standard InChI is InChI=1S/C20H23N3O/c1-3-24-15-18-19(17-12-8-5-9-13-17)22-20(21-18)23(2)14-16-10-6-4-7-11-16/h4-13H,3,14-15H2,1-2H3,(H,21,22). The van der Waals surface area contributed by atoms with Crippen molar-refractivity contribution in [1.29, 1.82) is 0 Å². The van der Waals surface area contributed by atoms with Crippen LogP contribution in [-0.2, 0) is 17.9 Å². The van der Waals surface area contributed by atoms with Gasteiger partial charge in [-0.25, -0.2) is 4.98 Å². The Bertz CT molecular complexity index is 753. The maximum absolute atomic E-state index is 5.60. The van der Waals surface area contributed by atoms with Crippen molar-refractivity contribution in [3.05, 3.63) is 71.9 Å². The van der Waals surface area contributed by atoms with Crippen LogP contribution >= 0.6 is 0 Å². The van der Waals surface area contributed by atoms with Crippen LogP contribution in [0.25, 0.3) is 11.3 Å². The van der Waals surface area contributed by atoms with Gasteiger partial charge in [0.15, 0.2) is 0 Å². The summed E-state index contributed by atoms with van der Waals surface area (Å²) in [6, 6.07) is 20.6. The molecule has 1 N–H and O–H groups in total. The van der Waals surface area contributed by atoms with Gasteiger partial charge in [0.1, 0.15) is 0 Å². The van der Waals surface area contributed by atoms with Crippen LogP contribution in [0.1, 0.15) is 18.2 Å². The number of anilines is 1. The first-order valence-corrected chi connectivity index (χ1v) is 8.25. The van der Waals surface area contributed by atoms with Crippen LogP contribution < -0.4 is 4.90 Å². The van der Waals surface area contributed by atoms with Gasteiger partial charge < -0.3 is 14.6 Å². The van der Waals surface area contributed by atoms with Crippen LogP contribution in [-0.4, -0.2) is 23.6 Å². The Labute approximate surface area is 143 Å². The van der Waals surface area contributed by atoms with Crippen molar-refractivity contribution < 1.29 is 4.74 Å². The summed E-state index contributed by atoms with van der Waals surface area (Å²) in [5, 5.41) is 0. The Morgan fingerprint density at radius 3 is 2.33 bits per heavy atom. The zero-order valence-corrected chi connectivity index (χ0v) is 14.2. The number of aromatic amines is 1. The third-order valence-corrected chi connectivity index (χ3v) is 3.89. The number of aromatic nitrogens is 2. The lowest BCUT2D eigenvalue weighted by Gasteiger charge is -2.15. The molecule has 3 aromatic rings. The van der Waals surface area contributed by atoms with Crippen LogP contribution in [0.3, 0.4) is 0 Å². The first kappa shape index (κ1) is 16.3. The summed E-state index contributed by atoms with van der Waals surface area (Å²) >= 11 is 0. The van der Waals surface area contributed by atoms with E-state index in [-0.39, 0.29) is 0 Å². The van der Waals surface area contributed by atoms with E-state index in [1.165, 1.54) is 5.56 Å². The molecule has 0 spiro atoms. The number of benzene rings is 2. The van der Waals surface area contributed by atoms with Gasteiger partial charge in [0, 0.05) is 25.8 Å². The Morgan fingerprint density at radius 2 is 1.67 bits per heavy atom. The highest BCUT2D eigenvalue weighted by molar-refractivity contribution is 5.64. The van der Waals surface area contributed by atoms with E-state index in [2.05, 4.69) is 46.3 Å². The Kier molecular flexibility index (Phi) is 5.29. The number of nitrogens with one attached hydrogen (secondary N) is 1. The van der Waals surface area contributed by atoms with Crippen LogP contribution in [0.2, 0.25) is 0 Å². The van der Waals surface area contributed by atoms with E-state index in [1.807, 2.05) is 38.2 Å². The van der Waals surface area contributed by atoms with E-state index in [0.29, 0.717) is 13.2 Å². The maximum atomic E-state index is 5.60. The summed E-state index contributed by atoms with van der Waals surface area (Å²) in [7, 11) is 2.05. The number of H-pyrrole nitrogens is 1. The fraction of sp³-hybridized carbons (Fsp3) is 0.250. The summed E-state index contributed by atoms with van der Waals surface area (Å²) < 4.78 is 5.60. The van der Waals surface area contributed by atoms with Crippen LogP contribution in [0, 0.1) is 0 Å². The fourth-order valence-corrected chi connectivity index (χ4v) is 2.65. The van der Waals surface area contributed by atoms with E-state index in [4.69, 9.17) is 9.72 Å². The van der Waals surface area contributed by atoms with Gasteiger partial charge in [0.25, 0.3) is 0 Å². The molecule has 4 nitrogen and oxygen atoms in total. The Hall–Kier alpha value is -2.59.